The zero-order valence-corrected chi connectivity index (χ0v) is 17.2. The maximum absolute atomic E-state index is 13.1. The van der Waals surface area contributed by atoms with Gasteiger partial charge in [-0.15, -0.1) is 0 Å². The minimum absolute atomic E-state index is 0.0465. The zero-order chi connectivity index (χ0) is 20.5. The van der Waals surface area contributed by atoms with Crippen LogP contribution in [0.3, 0.4) is 0 Å². The number of nitrogens with zero attached hydrogens (tertiary/aromatic N) is 2. The third-order valence-corrected chi connectivity index (χ3v) is 6.74. The van der Waals surface area contributed by atoms with E-state index in [1.807, 2.05) is 0 Å². The monoisotopic (exact) mass is 404 g/mol. The fraction of sp³-hybridized carbons (Fsp3) is 0.350. The highest BCUT2D eigenvalue weighted by Gasteiger charge is 2.28. The van der Waals surface area contributed by atoms with Gasteiger partial charge in [-0.25, -0.2) is 8.42 Å². The molecular weight excluding hydrogens is 380 g/mol. The first-order valence-corrected chi connectivity index (χ1v) is 10.3. The van der Waals surface area contributed by atoms with E-state index >= 15 is 0 Å². The molecule has 0 N–H and O–H groups in total. The fourth-order valence-corrected chi connectivity index (χ4v) is 4.63. The number of hydrogen-bond donors (Lipinski definition) is 0. The third-order valence-electron chi connectivity index (χ3n) is 4.95. The van der Waals surface area contributed by atoms with Crippen molar-refractivity contribution in [2.24, 2.45) is 0 Å². The molecule has 2 aromatic carbocycles. The van der Waals surface area contributed by atoms with E-state index in [2.05, 4.69) is 0 Å². The maximum Gasteiger partial charge on any atom is 0.243 e. The summed E-state index contributed by atoms with van der Waals surface area (Å²) in [6, 6.07) is 10.2. The Hall–Kier alpha value is -2.58. The van der Waals surface area contributed by atoms with Gasteiger partial charge in [0.1, 0.15) is 11.5 Å². The summed E-state index contributed by atoms with van der Waals surface area (Å²) in [6.07, 6.45) is 0.641. The van der Waals surface area contributed by atoms with Gasteiger partial charge < -0.3 is 14.4 Å². The molecule has 1 aliphatic heterocycles. The van der Waals surface area contributed by atoms with Gasteiger partial charge in [0.25, 0.3) is 0 Å². The molecular formula is C20H24N2O5S. The number of ether oxygens (including phenoxy) is 2. The standard InChI is InChI=1S/C20H24N2O5S/c1-14(23)22-11-10-15-12-16(8-9-18(15)22)28(24,25)21(2)13-17-19(26-3)6-5-7-20(17)27-4/h5-9,12H,10-11,13H2,1-4H3. The summed E-state index contributed by atoms with van der Waals surface area (Å²) in [6.45, 7) is 2.18. The van der Waals surface area contributed by atoms with Gasteiger partial charge in [0, 0.05) is 32.7 Å². The van der Waals surface area contributed by atoms with Crippen molar-refractivity contribution in [3.05, 3.63) is 47.5 Å². The largest absolute Gasteiger partial charge is 0.496 e. The molecule has 1 aliphatic rings. The SMILES string of the molecule is COc1cccc(OC)c1CN(C)S(=O)(=O)c1ccc2c(c1)CCN2C(C)=O. The third kappa shape index (κ3) is 3.57. The van der Waals surface area contributed by atoms with Crippen LogP contribution < -0.4 is 14.4 Å². The Morgan fingerprint density at radius 3 is 2.36 bits per heavy atom. The molecule has 0 aromatic heterocycles. The van der Waals surface area contributed by atoms with Crippen molar-refractivity contribution in [1.29, 1.82) is 0 Å². The number of carbonyl (C=O) groups excluding carboxylic acids is 1. The van der Waals surface area contributed by atoms with E-state index in [0.29, 0.717) is 30.0 Å². The molecule has 1 heterocycles. The Morgan fingerprint density at radius 2 is 1.79 bits per heavy atom. The molecule has 0 bridgehead atoms. The van der Waals surface area contributed by atoms with E-state index < -0.39 is 10.0 Å². The molecule has 150 valence electrons. The number of rotatable bonds is 6. The minimum atomic E-state index is -3.73. The topological polar surface area (TPSA) is 76.2 Å². The summed E-state index contributed by atoms with van der Waals surface area (Å²) >= 11 is 0. The van der Waals surface area contributed by atoms with Crippen LogP contribution in [0.1, 0.15) is 18.1 Å². The molecule has 8 heteroatoms. The molecule has 1 amide bonds. The van der Waals surface area contributed by atoms with Gasteiger partial charge in [0.2, 0.25) is 15.9 Å². The molecule has 0 saturated heterocycles. The molecule has 2 aromatic rings. The molecule has 7 nitrogen and oxygen atoms in total. The van der Waals surface area contributed by atoms with Crippen LogP contribution in [0.25, 0.3) is 0 Å². The van der Waals surface area contributed by atoms with Crippen LogP contribution >= 0.6 is 0 Å². The first-order chi connectivity index (χ1) is 13.3. The molecule has 28 heavy (non-hydrogen) atoms. The number of fused-ring (bicyclic) bond motifs is 1. The predicted molar refractivity (Wildman–Crippen MR) is 106 cm³/mol. The summed E-state index contributed by atoms with van der Waals surface area (Å²) < 4.78 is 38.2. The second-order valence-electron chi connectivity index (χ2n) is 6.61. The van der Waals surface area contributed by atoms with Crippen LogP contribution in [-0.2, 0) is 27.8 Å². The highest BCUT2D eigenvalue weighted by Crippen LogP contribution is 2.33. The lowest BCUT2D eigenvalue weighted by Crippen LogP contribution is -2.27. The summed E-state index contributed by atoms with van der Waals surface area (Å²) in [5, 5.41) is 0. The Kier molecular flexibility index (Phi) is 5.62. The molecule has 0 unspecified atom stereocenters. The molecule has 0 saturated carbocycles. The van der Waals surface area contributed by atoms with Gasteiger partial charge in [-0.1, -0.05) is 6.07 Å². The molecule has 0 radical (unpaired) electrons. The number of sulfonamides is 1. The van der Waals surface area contributed by atoms with Gasteiger partial charge in [-0.05, 0) is 42.3 Å². The normalized spacial score (nSPS) is 13.5. The molecule has 0 fully saturated rings. The Morgan fingerprint density at radius 1 is 1.14 bits per heavy atom. The number of amides is 1. The van der Waals surface area contributed by atoms with E-state index in [-0.39, 0.29) is 17.3 Å². The fourth-order valence-electron chi connectivity index (χ4n) is 3.44. The minimum Gasteiger partial charge on any atom is -0.496 e. The molecule has 0 spiro atoms. The lowest BCUT2D eigenvalue weighted by atomic mass is 10.1. The van der Waals surface area contributed by atoms with Gasteiger partial charge in [-0.3, -0.25) is 4.79 Å². The van der Waals surface area contributed by atoms with Crippen molar-refractivity contribution in [2.75, 3.05) is 32.7 Å². The second kappa shape index (κ2) is 7.81. The van der Waals surface area contributed by atoms with Crippen LogP contribution in [0.15, 0.2) is 41.3 Å². The number of carbonyl (C=O) groups is 1. The van der Waals surface area contributed by atoms with Gasteiger partial charge >= 0.3 is 0 Å². The highest BCUT2D eigenvalue weighted by atomic mass is 32.2. The van der Waals surface area contributed by atoms with Crippen LogP contribution in [0.4, 0.5) is 5.69 Å². The second-order valence-corrected chi connectivity index (χ2v) is 8.66. The lowest BCUT2D eigenvalue weighted by Gasteiger charge is -2.21. The van der Waals surface area contributed by atoms with E-state index in [0.717, 1.165) is 11.3 Å². The van der Waals surface area contributed by atoms with Gasteiger partial charge in [0.05, 0.1) is 24.7 Å². The van der Waals surface area contributed by atoms with Crippen molar-refractivity contribution < 1.29 is 22.7 Å². The highest BCUT2D eigenvalue weighted by molar-refractivity contribution is 7.89. The molecule has 3 rings (SSSR count). The summed E-state index contributed by atoms with van der Waals surface area (Å²) in [7, 11) is 0.868. The molecule has 0 aliphatic carbocycles. The predicted octanol–water partition coefficient (Wildman–Crippen LogP) is 2.43. The first-order valence-electron chi connectivity index (χ1n) is 8.86. The average Bonchev–Trinajstić information content (AvgIpc) is 3.11. The Labute approximate surface area is 165 Å². The maximum atomic E-state index is 13.1. The van der Waals surface area contributed by atoms with E-state index in [1.54, 1.807) is 41.3 Å². The zero-order valence-electron chi connectivity index (χ0n) is 16.4. The summed E-state index contributed by atoms with van der Waals surface area (Å²) in [5.41, 5.74) is 2.29. The molecule has 0 atom stereocenters. The van der Waals surface area contributed by atoms with Gasteiger partial charge in [-0.2, -0.15) is 4.31 Å². The van der Waals surface area contributed by atoms with E-state index in [4.69, 9.17) is 9.47 Å². The van der Waals surface area contributed by atoms with Crippen LogP contribution in [-0.4, -0.2) is 46.4 Å². The van der Waals surface area contributed by atoms with E-state index in [9.17, 15) is 13.2 Å². The van der Waals surface area contributed by atoms with Crippen molar-refractivity contribution in [2.45, 2.75) is 24.8 Å². The lowest BCUT2D eigenvalue weighted by molar-refractivity contribution is -0.116. The van der Waals surface area contributed by atoms with Crippen LogP contribution in [0.5, 0.6) is 11.5 Å². The summed E-state index contributed by atoms with van der Waals surface area (Å²) in [4.78, 5) is 13.6. The quantitative estimate of drug-likeness (QED) is 0.739. The van der Waals surface area contributed by atoms with Gasteiger partial charge in [0.15, 0.2) is 0 Å². The van der Waals surface area contributed by atoms with Crippen LogP contribution in [0, 0.1) is 0 Å². The number of anilines is 1. The number of hydrogen-bond acceptors (Lipinski definition) is 5. The first kappa shape index (κ1) is 20.2. The average molecular weight is 404 g/mol. The number of benzene rings is 2. The Bertz CT molecular complexity index is 981. The van der Waals surface area contributed by atoms with Crippen molar-refractivity contribution in [3.8, 4) is 11.5 Å². The van der Waals surface area contributed by atoms with E-state index in [1.165, 1.54) is 32.5 Å². The van der Waals surface area contributed by atoms with Crippen molar-refractivity contribution in [1.82, 2.24) is 4.31 Å². The van der Waals surface area contributed by atoms with Crippen molar-refractivity contribution >= 4 is 21.6 Å². The number of methoxy groups -OCH3 is 2. The van der Waals surface area contributed by atoms with Crippen molar-refractivity contribution in [3.63, 3.8) is 0 Å². The van der Waals surface area contributed by atoms with Crippen LogP contribution in [0.2, 0.25) is 0 Å². The summed E-state index contributed by atoms with van der Waals surface area (Å²) in [5.74, 6) is 1.08. The smallest absolute Gasteiger partial charge is 0.243 e. The Balaban J connectivity index is 1.91.